The van der Waals surface area contributed by atoms with Crippen LogP contribution >= 0.6 is 11.8 Å². The van der Waals surface area contributed by atoms with Crippen molar-refractivity contribution in [2.45, 2.75) is 11.8 Å². The van der Waals surface area contributed by atoms with Gasteiger partial charge in [-0.1, -0.05) is 90.6 Å². The third-order valence-corrected chi connectivity index (χ3v) is 4.51. The molecule has 0 fully saturated rings. The lowest BCUT2D eigenvalue weighted by Gasteiger charge is -2.13. The molecule has 0 aliphatic heterocycles. The molecule has 0 nitrogen and oxygen atoms in total. The van der Waals surface area contributed by atoms with E-state index in [1.807, 2.05) is 11.8 Å². The predicted octanol–water partition coefficient (Wildman–Crippen LogP) is 6.26. The Morgan fingerprint density at radius 3 is 1.45 bits per heavy atom. The van der Waals surface area contributed by atoms with Gasteiger partial charge in [0.2, 0.25) is 0 Å². The van der Waals surface area contributed by atoms with E-state index in [0.29, 0.717) is 0 Å². The van der Waals surface area contributed by atoms with E-state index in [9.17, 15) is 0 Å². The van der Waals surface area contributed by atoms with E-state index >= 15 is 0 Å². The van der Waals surface area contributed by atoms with Crippen molar-refractivity contribution in [3.8, 4) is 0 Å². The molecule has 0 saturated heterocycles. The summed E-state index contributed by atoms with van der Waals surface area (Å²) in [5.74, 6) is 0. The summed E-state index contributed by atoms with van der Waals surface area (Å²) in [6, 6.07) is 31.7. The Bertz CT molecular complexity index is 702. The number of hydrogen-bond donors (Lipinski definition) is 0. The van der Waals surface area contributed by atoms with Crippen molar-refractivity contribution in [1.29, 1.82) is 0 Å². The molecule has 0 aliphatic rings. The van der Waals surface area contributed by atoms with E-state index in [1.165, 1.54) is 26.5 Å². The summed E-state index contributed by atoms with van der Waals surface area (Å²) in [7, 11) is 0. The fourth-order valence-corrected chi connectivity index (χ4v) is 3.48. The minimum Gasteiger partial charge on any atom is -0.0942 e. The Labute approximate surface area is 136 Å². The zero-order valence-electron chi connectivity index (χ0n) is 12.6. The maximum Gasteiger partial charge on any atom is 0.0119 e. The smallest absolute Gasteiger partial charge is 0.0119 e. The minimum absolute atomic E-state index is 1.26. The van der Waals surface area contributed by atoms with Crippen LogP contribution in [0, 0.1) is 0 Å². The second kappa shape index (κ2) is 7.15. The highest BCUT2D eigenvalue weighted by Gasteiger charge is 2.09. The van der Waals surface area contributed by atoms with Crippen LogP contribution in [0.4, 0.5) is 0 Å². The van der Waals surface area contributed by atoms with Crippen LogP contribution in [-0.4, -0.2) is 0 Å². The predicted molar refractivity (Wildman–Crippen MR) is 96.9 cm³/mol. The quantitative estimate of drug-likeness (QED) is 0.513. The van der Waals surface area contributed by atoms with E-state index < -0.39 is 0 Å². The summed E-state index contributed by atoms with van der Waals surface area (Å²) in [5, 5.41) is 0. The van der Waals surface area contributed by atoms with Crippen LogP contribution in [0.15, 0.2) is 101 Å². The molecule has 3 aromatic rings. The lowest BCUT2D eigenvalue weighted by atomic mass is 9.98. The van der Waals surface area contributed by atoms with Crippen LogP contribution in [0.5, 0.6) is 0 Å². The summed E-state index contributed by atoms with van der Waals surface area (Å²) in [6.07, 6.45) is 0. The summed E-state index contributed by atoms with van der Waals surface area (Å²) in [5.41, 5.74) is 3.82. The fraction of sp³-hybridized carbons (Fsp3) is 0.0476. The third kappa shape index (κ3) is 3.49. The van der Waals surface area contributed by atoms with Crippen molar-refractivity contribution >= 4 is 17.3 Å². The topological polar surface area (TPSA) is 0 Å². The summed E-state index contributed by atoms with van der Waals surface area (Å²) >= 11 is 1.82. The average molecular weight is 302 g/mol. The Balaban J connectivity index is 2.07. The largest absolute Gasteiger partial charge is 0.0942 e. The SMILES string of the molecule is CC(Sc1ccccc1)=C(c1ccccc1)c1ccccc1. The first kappa shape index (κ1) is 14.7. The van der Waals surface area contributed by atoms with Crippen LogP contribution in [0.1, 0.15) is 18.1 Å². The average Bonchev–Trinajstić information content (AvgIpc) is 2.58. The standard InChI is InChI=1S/C21H18S/c1-17(22-20-15-9-4-10-16-20)21(18-11-5-2-6-12-18)19-13-7-3-8-14-19/h2-16H,1H3. The lowest BCUT2D eigenvalue weighted by Crippen LogP contribution is -1.90. The van der Waals surface area contributed by atoms with Gasteiger partial charge in [-0.15, -0.1) is 0 Å². The molecule has 0 radical (unpaired) electrons. The maximum atomic E-state index is 2.20. The molecule has 0 bridgehead atoms. The fourth-order valence-electron chi connectivity index (χ4n) is 2.50. The molecular weight excluding hydrogens is 284 g/mol. The molecule has 108 valence electrons. The van der Waals surface area contributed by atoms with Gasteiger partial charge in [0.25, 0.3) is 0 Å². The number of rotatable bonds is 4. The van der Waals surface area contributed by atoms with Crippen LogP contribution in [-0.2, 0) is 0 Å². The Hall–Kier alpha value is -2.25. The zero-order chi connectivity index (χ0) is 15.2. The number of benzene rings is 3. The van der Waals surface area contributed by atoms with E-state index in [4.69, 9.17) is 0 Å². The molecule has 0 saturated carbocycles. The molecule has 0 heterocycles. The van der Waals surface area contributed by atoms with Gasteiger partial charge in [0.15, 0.2) is 0 Å². The van der Waals surface area contributed by atoms with Crippen molar-refractivity contribution < 1.29 is 0 Å². The summed E-state index contributed by atoms with van der Waals surface area (Å²) in [6.45, 7) is 2.20. The van der Waals surface area contributed by atoms with E-state index in [-0.39, 0.29) is 0 Å². The van der Waals surface area contributed by atoms with E-state index in [0.717, 1.165) is 0 Å². The first-order chi connectivity index (χ1) is 10.8. The van der Waals surface area contributed by atoms with Crippen molar-refractivity contribution in [1.82, 2.24) is 0 Å². The Morgan fingerprint density at radius 2 is 1.00 bits per heavy atom. The first-order valence-corrected chi connectivity index (χ1v) is 8.21. The molecule has 0 spiro atoms. The molecule has 1 heteroatoms. The Morgan fingerprint density at radius 1 is 0.591 bits per heavy atom. The van der Waals surface area contributed by atoms with E-state index in [2.05, 4.69) is 97.9 Å². The summed E-state index contributed by atoms with van der Waals surface area (Å²) in [4.78, 5) is 2.58. The highest BCUT2D eigenvalue weighted by Crippen LogP contribution is 2.35. The van der Waals surface area contributed by atoms with Crippen LogP contribution in [0.3, 0.4) is 0 Å². The molecular formula is C21H18S. The van der Waals surface area contributed by atoms with Crippen LogP contribution in [0.25, 0.3) is 5.57 Å². The second-order valence-corrected chi connectivity index (χ2v) is 6.37. The van der Waals surface area contributed by atoms with Crippen LogP contribution < -0.4 is 0 Å². The monoisotopic (exact) mass is 302 g/mol. The lowest BCUT2D eigenvalue weighted by molar-refractivity contribution is 1.45. The van der Waals surface area contributed by atoms with Gasteiger partial charge < -0.3 is 0 Å². The molecule has 0 N–H and O–H groups in total. The van der Waals surface area contributed by atoms with Gasteiger partial charge in [-0.25, -0.2) is 0 Å². The Kier molecular flexibility index (Phi) is 4.77. The molecule has 0 atom stereocenters. The highest BCUT2D eigenvalue weighted by atomic mass is 32.2. The zero-order valence-corrected chi connectivity index (χ0v) is 13.4. The molecule has 3 aromatic carbocycles. The van der Waals surface area contributed by atoms with Gasteiger partial charge in [0.05, 0.1) is 0 Å². The molecule has 0 unspecified atom stereocenters. The molecule has 3 rings (SSSR count). The first-order valence-electron chi connectivity index (χ1n) is 7.39. The van der Waals surface area contributed by atoms with Crippen molar-refractivity contribution in [3.63, 3.8) is 0 Å². The number of allylic oxidation sites excluding steroid dienone is 1. The van der Waals surface area contributed by atoms with Gasteiger partial charge in [-0.2, -0.15) is 0 Å². The molecule has 22 heavy (non-hydrogen) atoms. The third-order valence-electron chi connectivity index (χ3n) is 3.49. The number of thioether (sulfide) groups is 1. The van der Waals surface area contributed by atoms with Crippen molar-refractivity contribution in [2.75, 3.05) is 0 Å². The molecule has 0 aliphatic carbocycles. The highest BCUT2D eigenvalue weighted by molar-refractivity contribution is 8.03. The van der Waals surface area contributed by atoms with Gasteiger partial charge >= 0.3 is 0 Å². The van der Waals surface area contributed by atoms with Gasteiger partial charge in [-0.05, 0) is 40.7 Å². The van der Waals surface area contributed by atoms with Crippen molar-refractivity contribution in [2.24, 2.45) is 0 Å². The van der Waals surface area contributed by atoms with E-state index in [1.54, 1.807) is 0 Å². The van der Waals surface area contributed by atoms with Crippen LogP contribution in [0.2, 0.25) is 0 Å². The van der Waals surface area contributed by atoms with Gasteiger partial charge in [0, 0.05) is 4.90 Å². The summed E-state index contributed by atoms with van der Waals surface area (Å²) < 4.78 is 0. The van der Waals surface area contributed by atoms with Crippen molar-refractivity contribution in [3.05, 3.63) is 107 Å². The molecule has 0 amide bonds. The maximum absolute atomic E-state index is 2.20. The second-order valence-electron chi connectivity index (χ2n) is 5.08. The minimum atomic E-state index is 1.26. The normalized spacial score (nSPS) is 10.2. The molecule has 0 aromatic heterocycles. The van der Waals surface area contributed by atoms with Gasteiger partial charge in [-0.3, -0.25) is 0 Å². The van der Waals surface area contributed by atoms with Gasteiger partial charge in [0.1, 0.15) is 0 Å². The number of hydrogen-bond acceptors (Lipinski definition) is 1.